The van der Waals surface area contributed by atoms with Crippen molar-refractivity contribution < 1.29 is 0 Å². The van der Waals surface area contributed by atoms with E-state index in [-0.39, 0.29) is 0 Å². The van der Waals surface area contributed by atoms with Gasteiger partial charge >= 0.3 is 0 Å². The van der Waals surface area contributed by atoms with Gasteiger partial charge in [0.2, 0.25) is 0 Å². The van der Waals surface area contributed by atoms with Crippen LogP contribution in [0.25, 0.3) is 0 Å². The van der Waals surface area contributed by atoms with E-state index < -0.39 is 0 Å². The fourth-order valence-corrected chi connectivity index (χ4v) is 2.83. The second-order valence-electron chi connectivity index (χ2n) is 4.98. The van der Waals surface area contributed by atoms with E-state index in [4.69, 9.17) is 52.1 Å². The number of nitrogens with two attached hydrogens (primary N) is 1. The van der Waals surface area contributed by atoms with Crippen LogP contribution < -0.4 is 16.4 Å². The standard InChI is InChI=1S/C16H11Cl4N5/c17-8-2-4-12(11(20)5-8)24-15-14(21)16(23-7-22-15)25-13-6-9(18)1-3-10(13)19/h1-7H,21H2,(H2,22,23,24,25). The third kappa shape index (κ3) is 4.19. The van der Waals surface area contributed by atoms with Crippen molar-refractivity contribution in [2.45, 2.75) is 0 Å². The number of hydrogen-bond donors (Lipinski definition) is 3. The fourth-order valence-electron chi connectivity index (χ4n) is 2.03. The molecule has 0 amide bonds. The van der Waals surface area contributed by atoms with Crippen molar-refractivity contribution in [3.8, 4) is 0 Å². The largest absolute Gasteiger partial charge is 0.393 e. The summed E-state index contributed by atoms with van der Waals surface area (Å²) in [5, 5.41) is 8.09. The van der Waals surface area contributed by atoms with E-state index >= 15 is 0 Å². The summed E-state index contributed by atoms with van der Waals surface area (Å²) in [6.07, 6.45) is 1.36. The molecule has 0 radical (unpaired) electrons. The number of anilines is 5. The first-order valence-electron chi connectivity index (χ1n) is 6.98. The Labute approximate surface area is 164 Å². The predicted octanol–water partition coefficient (Wildman–Crippen LogP) is 6.16. The highest BCUT2D eigenvalue weighted by molar-refractivity contribution is 6.36. The number of aromatic nitrogens is 2. The van der Waals surface area contributed by atoms with Gasteiger partial charge in [-0.05, 0) is 36.4 Å². The third-order valence-electron chi connectivity index (χ3n) is 3.25. The molecule has 9 heteroatoms. The molecule has 0 spiro atoms. The Morgan fingerprint density at radius 1 is 0.720 bits per heavy atom. The number of rotatable bonds is 4. The molecule has 0 fully saturated rings. The number of nitrogens with zero attached hydrogens (tertiary/aromatic N) is 2. The number of nitrogens with one attached hydrogen (secondary N) is 2. The first-order valence-corrected chi connectivity index (χ1v) is 8.50. The summed E-state index contributed by atoms with van der Waals surface area (Å²) in [4.78, 5) is 8.28. The van der Waals surface area contributed by atoms with Crippen molar-refractivity contribution in [1.82, 2.24) is 9.97 Å². The summed E-state index contributed by atoms with van der Waals surface area (Å²) < 4.78 is 0. The molecule has 2 aromatic carbocycles. The summed E-state index contributed by atoms with van der Waals surface area (Å²) in [7, 11) is 0. The minimum atomic E-state index is 0.296. The van der Waals surface area contributed by atoms with E-state index in [1.807, 2.05) is 0 Å². The lowest BCUT2D eigenvalue weighted by atomic mass is 10.3. The van der Waals surface area contributed by atoms with Crippen molar-refractivity contribution in [3.05, 3.63) is 62.8 Å². The molecule has 0 atom stereocenters. The summed E-state index contributed by atoms with van der Waals surface area (Å²) in [5.74, 6) is 0.770. The average molecular weight is 415 g/mol. The molecule has 0 saturated carbocycles. The molecule has 0 bridgehead atoms. The first kappa shape index (κ1) is 17.9. The van der Waals surface area contributed by atoms with Gasteiger partial charge in [0.15, 0.2) is 11.6 Å². The van der Waals surface area contributed by atoms with Gasteiger partial charge in [-0.15, -0.1) is 0 Å². The number of hydrogen-bond acceptors (Lipinski definition) is 5. The van der Waals surface area contributed by atoms with Gasteiger partial charge in [-0.25, -0.2) is 9.97 Å². The second-order valence-corrected chi connectivity index (χ2v) is 6.67. The van der Waals surface area contributed by atoms with Crippen LogP contribution in [0.2, 0.25) is 20.1 Å². The highest BCUT2D eigenvalue weighted by atomic mass is 35.5. The van der Waals surface area contributed by atoms with Gasteiger partial charge in [0.25, 0.3) is 0 Å². The lowest BCUT2D eigenvalue weighted by Gasteiger charge is -2.14. The Kier molecular flexibility index (Phi) is 5.39. The number of nitrogen functional groups attached to an aromatic ring is 1. The summed E-state index contributed by atoms with van der Waals surface area (Å²) >= 11 is 24.2. The molecule has 25 heavy (non-hydrogen) atoms. The molecular formula is C16H11Cl4N5. The van der Waals surface area contributed by atoms with Crippen LogP contribution in [-0.4, -0.2) is 9.97 Å². The highest BCUT2D eigenvalue weighted by Gasteiger charge is 2.12. The number of benzene rings is 2. The Morgan fingerprint density at radius 3 is 2.00 bits per heavy atom. The molecule has 0 saturated heterocycles. The maximum absolute atomic E-state index is 6.16. The normalized spacial score (nSPS) is 10.6. The predicted molar refractivity (Wildman–Crippen MR) is 106 cm³/mol. The first-order chi connectivity index (χ1) is 11.9. The van der Waals surface area contributed by atoms with E-state index in [2.05, 4.69) is 20.6 Å². The molecule has 0 unspecified atom stereocenters. The zero-order valence-electron chi connectivity index (χ0n) is 12.5. The van der Waals surface area contributed by atoms with Crippen molar-refractivity contribution in [2.75, 3.05) is 16.4 Å². The van der Waals surface area contributed by atoms with Crippen molar-refractivity contribution >= 4 is 75.1 Å². The minimum absolute atomic E-state index is 0.296. The zero-order chi connectivity index (χ0) is 18.0. The molecule has 4 N–H and O–H groups in total. The van der Waals surface area contributed by atoms with Gasteiger partial charge in [-0.3, -0.25) is 0 Å². The second kappa shape index (κ2) is 7.54. The molecule has 5 nitrogen and oxygen atoms in total. The van der Waals surface area contributed by atoms with Gasteiger partial charge in [0.1, 0.15) is 12.0 Å². The molecule has 128 valence electrons. The number of halogens is 4. The van der Waals surface area contributed by atoms with Crippen LogP contribution in [0.5, 0.6) is 0 Å². The van der Waals surface area contributed by atoms with E-state index in [0.717, 1.165) is 0 Å². The fraction of sp³-hybridized carbons (Fsp3) is 0. The lowest BCUT2D eigenvalue weighted by molar-refractivity contribution is 1.17. The smallest absolute Gasteiger partial charge is 0.159 e. The summed E-state index contributed by atoms with van der Waals surface area (Å²) in [5.41, 5.74) is 7.64. The van der Waals surface area contributed by atoms with Crippen LogP contribution >= 0.6 is 46.4 Å². The van der Waals surface area contributed by atoms with Gasteiger partial charge in [0.05, 0.1) is 21.4 Å². The van der Waals surface area contributed by atoms with Gasteiger partial charge in [0, 0.05) is 10.0 Å². The Balaban J connectivity index is 1.91. The quantitative estimate of drug-likeness (QED) is 0.476. The topological polar surface area (TPSA) is 75.9 Å². The van der Waals surface area contributed by atoms with Gasteiger partial charge in [-0.2, -0.15) is 0 Å². The molecule has 3 rings (SSSR count). The maximum Gasteiger partial charge on any atom is 0.159 e. The lowest BCUT2D eigenvalue weighted by Crippen LogP contribution is -2.05. The molecule has 3 aromatic rings. The van der Waals surface area contributed by atoms with Crippen LogP contribution in [0.15, 0.2) is 42.7 Å². The van der Waals surface area contributed by atoms with E-state index in [1.165, 1.54) is 6.33 Å². The molecule has 1 heterocycles. The van der Waals surface area contributed by atoms with E-state index in [1.54, 1.807) is 36.4 Å². The van der Waals surface area contributed by atoms with Crippen LogP contribution in [0.3, 0.4) is 0 Å². The van der Waals surface area contributed by atoms with E-state index in [0.29, 0.717) is 48.8 Å². The van der Waals surface area contributed by atoms with Crippen LogP contribution in [0.4, 0.5) is 28.7 Å². The van der Waals surface area contributed by atoms with Gasteiger partial charge in [-0.1, -0.05) is 46.4 Å². The Bertz CT molecular complexity index is 932. The summed E-state index contributed by atoms with van der Waals surface area (Å²) in [6.45, 7) is 0. The van der Waals surface area contributed by atoms with E-state index in [9.17, 15) is 0 Å². The molecule has 1 aromatic heterocycles. The Morgan fingerprint density at radius 2 is 1.32 bits per heavy atom. The van der Waals surface area contributed by atoms with Crippen LogP contribution in [0, 0.1) is 0 Å². The minimum Gasteiger partial charge on any atom is -0.393 e. The Hall–Kier alpha value is -1.92. The van der Waals surface area contributed by atoms with Crippen LogP contribution in [-0.2, 0) is 0 Å². The summed E-state index contributed by atoms with van der Waals surface area (Å²) in [6, 6.07) is 10.1. The van der Waals surface area contributed by atoms with Crippen molar-refractivity contribution in [2.24, 2.45) is 0 Å². The third-order valence-corrected chi connectivity index (χ3v) is 4.36. The van der Waals surface area contributed by atoms with Crippen LogP contribution in [0.1, 0.15) is 0 Å². The zero-order valence-corrected chi connectivity index (χ0v) is 15.5. The molecule has 0 aliphatic carbocycles. The molecule has 0 aliphatic heterocycles. The molecule has 0 aliphatic rings. The van der Waals surface area contributed by atoms with Crippen molar-refractivity contribution in [1.29, 1.82) is 0 Å². The maximum atomic E-state index is 6.16. The average Bonchev–Trinajstić information content (AvgIpc) is 2.57. The van der Waals surface area contributed by atoms with Gasteiger partial charge < -0.3 is 16.4 Å². The monoisotopic (exact) mass is 413 g/mol. The van der Waals surface area contributed by atoms with Crippen molar-refractivity contribution in [3.63, 3.8) is 0 Å². The highest BCUT2D eigenvalue weighted by Crippen LogP contribution is 2.34. The molecular weight excluding hydrogens is 404 g/mol. The SMILES string of the molecule is Nc1c(Nc2ccc(Cl)cc2Cl)ncnc1Nc1cc(Cl)ccc1Cl.